The summed E-state index contributed by atoms with van der Waals surface area (Å²) >= 11 is 0. The van der Waals surface area contributed by atoms with Crippen LogP contribution in [0.3, 0.4) is 0 Å². The van der Waals surface area contributed by atoms with Crippen molar-refractivity contribution in [1.82, 2.24) is 9.97 Å². The predicted molar refractivity (Wildman–Crippen MR) is 95.1 cm³/mol. The van der Waals surface area contributed by atoms with E-state index in [4.69, 9.17) is 10.5 Å². The lowest BCUT2D eigenvalue weighted by Crippen LogP contribution is -2.05. The largest absolute Gasteiger partial charge is 0.481 e. The standard InChI is InChI=1S/C19H20F3N3O/c1-26-18-14(8-5-11-24-18)16-12(6-2-3-10-23)13-7-4-9-15(17(13)25-16)19(20,21)22/h4-5,7-9,11,25H,2-3,6,10,23H2,1H3. The molecule has 4 nitrogen and oxygen atoms in total. The number of aromatic amines is 1. The summed E-state index contributed by atoms with van der Waals surface area (Å²) in [6.07, 6.45) is -0.647. The lowest BCUT2D eigenvalue weighted by atomic mass is 10.00. The number of nitrogens with one attached hydrogen (secondary N) is 1. The van der Waals surface area contributed by atoms with E-state index in [1.807, 2.05) is 0 Å². The van der Waals surface area contributed by atoms with E-state index in [1.54, 1.807) is 24.4 Å². The summed E-state index contributed by atoms with van der Waals surface area (Å²) in [7, 11) is 1.49. The van der Waals surface area contributed by atoms with Crippen LogP contribution in [0.1, 0.15) is 24.0 Å². The first-order valence-corrected chi connectivity index (χ1v) is 8.37. The van der Waals surface area contributed by atoms with Crippen molar-refractivity contribution in [1.29, 1.82) is 0 Å². The van der Waals surface area contributed by atoms with E-state index >= 15 is 0 Å². The second kappa shape index (κ2) is 7.37. The fraction of sp³-hybridized carbons (Fsp3) is 0.316. The van der Waals surface area contributed by atoms with Gasteiger partial charge in [-0.05, 0) is 49.6 Å². The minimum atomic E-state index is -4.44. The van der Waals surface area contributed by atoms with Gasteiger partial charge in [0, 0.05) is 11.6 Å². The number of aromatic nitrogens is 2. The lowest BCUT2D eigenvalue weighted by molar-refractivity contribution is -0.136. The van der Waals surface area contributed by atoms with Gasteiger partial charge in [-0.25, -0.2) is 4.98 Å². The summed E-state index contributed by atoms with van der Waals surface area (Å²) in [6, 6.07) is 7.77. The highest BCUT2D eigenvalue weighted by Gasteiger charge is 2.34. The number of methoxy groups -OCH3 is 1. The highest BCUT2D eigenvalue weighted by atomic mass is 19.4. The van der Waals surface area contributed by atoms with Gasteiger partial charge in [-0.1, -0.05) is 12.1 Å². The van der Waals surface area contributed by atoms with E-state index in [0.717, 1.165) is 24.5 Å². The molecule has 0 radical (unpaired) electrons. The van der Waals surface area contributed by atoms with Crippen molar-refractivity contribution in [2.24, 2.45) is 5.73 Å². The molecule has 2 aromatic heterocycles. The topological polar surface area (TPSA) is 63.9 Å². The molecule has 3 aromatic rings. The Morgan fingerprint density at radius 2 is 1.96 bits per heavy atom. The number of H-pyrrole nitrogens is 1. The number of nitrogens with two attached hydrogens (primary N) is 1. The highest BCUT2D eigenvalue weighted by molar-refractivity contribution is 5.93. The van der Waals surface area contributed by atoms with Gasteiger partial charge in [-0.3, -0.25) is 0 Å². The minimum absolute atomic E-state index is 0.0867. The monoisotopic (exact) mass is 363 g/mol. The molecule has 0 amide bonds. The fourth-order valence-electron chi connectivity index (χ4n) is 3.19. The summed E-state index contributed by atoms with van der Waals surface area (Å²) < 4.78 is 45.6. The molecule has 0 atom stereocenters. The first kappa shape index (κ1) is 18.3. The molecule has 138 valence electrons. The molecule has 0 spiro atoms. The van der Waals surface area contributed by atoms with Crippen LogP contribution in [0.4, 0.5) is 13.2 Å². The van der Waals surface area contributed by atoms with Gasteiger partial charge in [0.1, 0.15) is 0 Å². The molecule has 3 rings (SSSR count). The molecule has 26 heavy (non-hydrogen) atoms. The Morgan fingerprint density at radius 3 is 2.65 bits per heavy atom. The third-order valence-electron chi connectivity index (χ3n) is 4.36. The van der Waals surface area contributed by atoms with E-state index in [9.17, 15) is 13.2 Å². The summed E-state index contributed by atoms with van der Waals surface area (Å²) in [5, 5.41) is 0.567. The molecule has 7 heteroatoms. The first-order valence-electron chi connectivity index (χ1n) is 8.37. The summed E-state index contributed by atoms with van der Waals surface area (Å²) in [5.41, 5.74) is 7.06. The van der Waals surface area contributed by atoms with Crippen LogP contribution in [-0.2, 0) is 12.6 Å². The van der Waals surface area contributed by atoms with E-state index in [1.165, 1.54) is 13.2 Å². The maximum Gasteiger partial charge on any atom is 0.418 e. The minimum Gasteiger partial charge on any atom is -0.481 e. The average molecular weight is 363 g/mol. The molecule has 2 heterocycles. The molecule has 0 saturated carbocycles. The zero-order valence-electron chi connectivity index (χ0n) is 14.4. The third-order valence-corrected chi connectivity index (χ3v) is 4.36. The van der Waals surface area contributed by atoms with Crippen LogP contribution in [0.15, 0.2) is 36.5 Å². The van der Waals surface area contributed by atoms with Crippen molar-refractivity contribution in [3.8, 4) is 17.1 Å². The Hall–Kier alpha value is -2.54. The van der Waals surface area contributed by atoms with Crippen LogP contribution in [0.25, 0.3) is 22.2 Å². The Bertz CT molecular complexity index is 903. The van der Waals surface area contributed by atoms with Crippen LogP contribution < -0.4 is 10.5 Å². The molecule has 0 aliphatic carbocycles. The molecular weight excluding hydrogens is 343 g/mol. The molecule has 3 N–H and O–H groups in total. The lowest BCUT2D eigenvalue weighted by Gasteiger charge is -2.08. The number of nitrogens with zero attached hydrogens (tertiary/aromatic N) is 1. The fourth-order valence-corrected chi connectivity index (χ4v) is 3.19. The SMILES string of the molecule is COc1ncccc1-c1[nH]c2c(C(F)(F)F)cccc2c1CCCCN. The molecule has 0 aliphatic heterocycles. The van der Waals surface area contributed by atoms with Crippen molar-refractivity contribution in [2.75, 3.05) is 13.7 Å². The van der Waals surface area contributed by atoms with Crippen molar-refractivity contribution in [3.63, 3.8) is 0 Å². The molecule has 1 aromatic carbocycles. The van der Waals surface area contributed by atoms with Gasteiger partial charge in [0.25, 0.3) is 0 Å². The van der Waals surface area contributed by atoms with Crippen LogP contribution in [-0.4, -0.2) is 23.6 Å². The quantitative estimate of drug-likeness (QED) is 0.632. The van der Waals surface area contributed by atoms with Crippen LogP contribution in [0, 0.1) is 0 Å². The smallest absolute Gasteiger partial charge is 0.418 e. The van der Waals surface area contributed by atoms with E-state index in [2.05, 4.69) is 9.97 Å². The van der Waals surface area contributed by atoms with Crippen molar-refractivity contribution in [3.05, 3.63) is 47.7 Å². The number of hydrogen-bond donors (Lipinski definition) is 2. The number of ether oxygens (including phenoxy) is 1. The van der Waals surface area contributed by atoms with Gasteiger partial charge >= 0.3 is 6.18 Å². The van der Waals surface area contributed by atoms with Crippen molar-refractivity contribution in [2.45, 2.75) is 25.4 Å². The van der Waals surface area contributed by atoms with Gasteiger partial charge in [-0.2, -0.15) is 13.2 Å². The second-order valence-corrected chi connectivity index (χ2v) is 6.01. The van der Waals surface area contributed by atoms with Crippen LogP contribution in [0.2, 0.25) is 0 Å². The van der Waals surface area contributed by atoms with E-state index < -0.39 is 11.7 Å². The van der Waals surface area contributed by atoms with Gasteiger partial charge in [0.05, 0.1) is 29.4 Å². The van der Waals surface area contributed by atoms with Crippen molar-refractivity contribution >= 4 is 10.9 Å². The number of fused-ring (bicyclic) bond motifs is 1. The number of unbranched alkanes of at least 4 members (excludes halogenated alkanes) is 1. The molecule has 0 bridgehead atoms. The maximum absolute atomic E-state index is 13.4. The average Bonchev–Trinajstić information content (AvgIpc) is 2.99. The zero-order chi connectivity index (χ0) is 18.7. The highest BCUT2D eigenvalue weighted by Crippen LogP contribution is 2.40. The molecule has 0 aliphatic rings. The maximum atomic E-state index is 13.4. The number of benzene rings is 1. The number of hydrogen-bond acceptors (Lipinski definition) is 3. The Labute approximate surface area is 149 Å². The normalized spacial score (nSPS) is 11.9. The van der Waals surface area contributed by atoms with E-state index in [0.29, 0.717) is 35.5 Å². The van der Waals surface area contributed by atoms with Crippen LogP contribution in [0.5, 0.6) is 5.88 Å². The van der Waals surface area contributed by atoms with Gasteiger partial charge in [-0.15, -0.1) is 0 Å². The Balaban J connectivity index is 2.25. The Morgan fingerprint density at radius 1 is 1.15 bits per heavy atom. The number of halogens is 3. The summed E-state index contributed by atoms with van der Waals surface area (Å²) in [6.45, 7) is 0.543. The summed E-state index contributed by atoms with van der Waals surface area (Å²) in [4.78, 5) is 7.15. The van der Waals surface area contributed by atoms with E-state index in [-0.39, 0.29) is 5.52 Å². The molecule has 0 saturated heterocycles. The van der Waals surface area contributed by atoms with Gasteiger partial charge in [0.2, 0.25) is 5.88 Å². The number of rotatable bonds is 6. The third kappa shape index (κ3) is 3.39. The van der Waals surface area contributed by atoms with Crippen molar-refractivity contribution < 1.29 is 17.9 Å². The van der Waals surface area contributed by atoms with Gasteiger partial charge < -0.3 is 15.5 Å². The summed E-state index contributed by atoms with van der Waals surface area (Å²) in [5.74, 6) is 0.368. The number of para-hydroxylation sites is 1. The molecule has 0 fully saturated rings. The number of pyridine rings is 1. The zero-order valence-corrected chi connectivity index (χ0v) is 14.4. The van der Waals surface area contributed by atoms with Crippen LogP contribution >= 0.6 is 0 Å². The number of aryl methyl sites for hydroxylation is 1. The predicted octanol–water partition coefficient (Wildman–Crippen LogP) is 4.54. The first-order chi connectivity index (χ1) is 12.5. The molecular formula is C19H20F3N3O. The second-order valence-electron chi connectivity index (χ2n) is 6.01. The molecule has 0 unspecified atom stereocenters. The van der Waals surface area contributed by atoms with Gasteiger partial charge in [0.15, 0.2) is 0 Å². The number of alkyl halides is 3. The Kier molecular flexibility index (Phi) is 5.18.